The second kappa shape index (κ2) is 9.06. The van der Waals surface area contributed by atoms with E-state index in [0.717, 1.165) is 36.0 Å². The Labute approximate surface area is 191 Å². The number of rotatable bonds is 6. The second-order valence-electron chi connectivity index (χ2n) is 8.89. The van der Waals surface area contributed by atoms with Crippen molar-refractivity contribution >= 4 is 16.7 Å². The smallest absolute Gasteiger partial charge is 0.416 e. The van der Waals surface area contributed by atoms with Crippen molar-refractivity contribution in [2.45, 2.75) is 39.0 Å². The molecule has 1 aliphatic rings. The van der Waals surface area contributed by atoms with Gasteiger partial charge in [0.2, 0.25) is 0 Å². The predicted molar refractivity (Wildman–Crippen MR) is 123 cm³/mol. The number of carbonyl (C=O) groups is 1. The highest BCUT2D eigenvalue weighted by Crippen LogP contribution is 2.34. The Kier molecular flexibility index (Phi) is 6.34. The molecule has 0 aromatic heterocycles. The first-order valence-electron chi connectivity index (χ1n) is 11.0. The van der Waals surface area contributed by atoms with Crippen LogP contribution in [0.5, 0.6) is 11.5 Å². The van der Waals surface area contributed by atoms with Crippen molar-refractivity contribution in [1.29, 1.82) is 0 Å². The van der Waals surface area contributed by atoms with Crippen LogP contribution in [0.15, 0.2) is 60.7 Å². The first-order valence-corrected chi connectivity index (χ1v) is 11.0. The SMILES string of the molecule is CC(NC(=O)c1ccc2c(Oc3ccc(C(F)(F)F)cc3)cccc2c1)C1CN(C(C)C)C1. The molecule has 1 N–H and O–H groups in total. The van der Waals surface area contributed by atoms with E-state index in [-0.39, 0.29) is 11.9 Å². The summed E-state index contributed by atoms with van der Waals surface area (Å²) in [4.78, 5) is 15.2. The Morgan fingerprint density at radius 1 is 1.03 bits per heavy atom. The van der Waals surface area contributed by atoms with Gasteiger partial charge >= 0.3 is 6.18 Å². The molecule has 1 fully saturated rings. The zero-order valence-corrected chi connectivity index (χ0v) is 18.8. The summed E-state index contributed by atoms with van der Waals surface area (Å²) in [6.45, 7) is 8.36. The van der Waals surface area contributed by atoms with Crippen molar-refractivity contribution in [3.8, 4) is 11.5 Å². The number of nitrogens with zero attached hydrogens (tertiary/aromatic N) is 1. The highest BCUT2D eigenvalue weighted by molar-refractivity contribution is 6.00. The van der Waals surface area contributed by atoms with Crippen molar-refractivity contribution < 1.29 is 22.7 Å². The molecule has 4 nitrogen and oxygen atoms in total. The van der Waals surface area contributed by atoms with Gasteiger partial charge < -0.3 is 15.0 Å². The first-order chi connectivity index (χ1) is 15.6. The van der Waals surface area contributed by atoms with Gasteiger partial charge in [-0.25, -0.2) is 0 Å². The molecule has 1 unspecified atom stereocenters. The number of hydrogen-bond donors (Lipinski definition) is 1. The molecule has 1 atom stereocenters. The zero-order chi connectivity index (χ0) is 23.8. The molecule has 174 valence electrons. The van der Waals surface area contributed by atoms with Gasteiger partial charge in [-0.1, -0.05) is 12.1 Å². The zero-order valence-electron chi connectivity index (χ0n) is 18.8. The molecule has 1 amide bonds. The van der Waals surface area contributed by atoms with Crippen LogP contribution in [0.3, 0.4) is 0 Å². The second-order valence-corrected chi connectivity index (χ2v) is 8.89. The van der Waals surface area contributed by atoms with Gasteiger partial charge in [0.05, 0.1) is 5.56 Å². The number of fused-ring (bicyclic) bond motifs is 1. The van der Waals surface area contributed by atoms with E-state index >= 15 is 0 Å². The standard InChI is InChI=1S/C26H27F3N2O2/c1-16(2)31-14-20(15-31)17(3)30-25(32)19-7-12-23-18(13-19)5-4-6-24(23)33-22-10-8-21(9-11-22)26(27,28)29/h4-13,16-17,20H,14-15H2,1-3H3,(H,30,32). The summed E-state index contributed by atoms with van der Waals surface area (Å²) >= 11 is 0. The summed E-state index contributed by atoms with van der Waals surface area (Å²) in [6.07, 6.45) is -4.39. The van der Waals surface area contributed by atoms with E-state index in [1.807, 2.05) is 13.0 Å². The maximum Gasteiger partial charge on any atom is 0.416 e. The number of halogens is 3. The average molecular weight is 457 g/mol. The molecule has 0 spiro atoms. The maximum atomic E-state index is 12.8. The van der Waals surface area contributed by atoms with Crippen LogP contribution in [0.2, 0.25) is 0 Å². The molecule has 0 saturated carbocycles. The number of carbonyl (C=O) groups excluding carboxylic acids is 1. The fraction of sp³-hybridized carbons (Fsp3) is 0.346. The minimum absolute atomic E-state index is 0.0811. The van der Waals surface area contributed by atoms with E-state index in [1.165, 1.54) is 12.1 Å². The van der Waals surface area contributed by atoms with Crippen LogP contribution in [0.25, 0.3) is 10.8 Å². The molecule has 4 rings (SSSR count). The fourth-order valence-electron chi connectivity index (χ4n) is 4.02. The summed E-state index contributed by atoms with van der Waals surface area (Å²) in [7, 11) is 0. The maximum absolute atomic E-state index is 12.8. The third-order valence-electron chi connectivity index (χ3n) is 6.25. The topological polar surface area (TPSA) is 41.6 Å². The van der Waals surface area contributed by atoms with Crippen LogP contribution in [0, 0.1) is 5.92 Å². The van der Waals surface area contributed by atoms with E-state index in [4.69, 9.17) is 4.74 Å². The fourth-order valence-corrected chi connectivity index (χ4v) is 4.02. The predicted octanol–water partition coefficient (Wildman–Crippen LogP) is 6.11. The van der Waals surface area contributed by atoms with Crippen molar-refractivity contribution in [3.05, 3.63) is 71.8 Å². The van der Waals surface area contributed by atoms with Gasteiger partial charge in [-0.05, 0) is 74.7 Å². The average Bonchev–Trinajstić information content (AvgIpc) is 2.72. The van der Waals surface area contributed by atoms with E-state index in [1.54, 1.807) is 30.3 Å². The van der Waals surface area contributed by atoms with Crippen LogP contribution in [0.4, 0.5) is 13.2 Å². The van der Waals surface area contributed by atoms with Crippen LogP contribution >= 0.6 is 0 Å². The lowest BCUT2D eigenvalue weighted by Gasteiger charge is -2.45. The third-order valence-corrected chi connectivity index (χ3v) is 6.25. The van der Waals surface area contributed by atoms with Gasteiger partial charge in [-0.2, -0.15) is 13.2 Å². The number of amides is 1. The summed E-state index contributed by atoms with van der Waals surface area (Å²) in [5.41, 5.74) is -0.169. The Morgan fingerprint density at radius 3 is 2.36 bits per heavy atom. The number of alkyl halides is 3. The highest BCUT2D eigenvalue weighted by Gasteiger charge is 2.33. The first kappa shape index (κ1) is 23.1. The lowest BCUT2D eigenvalue weighted by atomic mass is 9.91. The van der Waals surface area contributed by atoms with Crippen molar-refractivity contribution in [2.24, 2.45) is 5.92 Å². The molecular weight excluding hydrogens is 429 g/mol. The third kappa shape index (κ3) is 5.14. The largest absolute Gasteiger partial charge is 0.457 e. The Morgan fingerprint density at radius 2 is 1.73 bits per heavy atom. The normalized spacial score (nSPS) is 16.0. The molecule has 33 heavy (non-hydrogen) atoms. The van der Waals surface area contributed by atoms with E-state index < -0.39 is 11.7 Å². The monoisotopic (exact) mass is 456 g/mol. The van der Waals surface area contributed by atoms with Crippen molar-refractivity contribution in [3.63, 3.8) is 0 Å². The van der Waals surface area contributed by atoms with Crippen molar-refractivity contribution in [1.82, 2.24) is 10.2 Å². The summed E-state index contributed by atoms with van der Waals surface area (Å²) < 4.78 is 44.2. The van der Waals surface area contributed by atoms with Gasteiger partial charge in [0.15, 0.2) is 0 Å². The molecule has 3 aromatic rings. The molecule has 0 aliphatic carbocycles. The minimum atomic E-state index is -4.39. The summed E-state index contributed by atoms with van der Waals surface area (Å²) in [6, 6.07) is 15.9. The highest BCUT2D eigenvalue weighted by atomic mass is 19.4. The van der Waals surface area contributed by atoms with Gasteiger partial charge in [-0.3, -0.25) is 4.79 Å². The number of benzene rings is 3. The Balaban J connectivity index is 1.46. The van der Waals surface area contributed by atoms with Crippen LogP contribution < -0.4 is 10.1 Å². The van der Waals surface area contributed by atoms with Crippen LogP contribution in [-0.4, -0.2) is 36.0 Å². The molecule has 1 saturated heterocycles. The summed E-state index contributed by atoms with van der Waals surface area (Å²) in [5, 5.41) is 4.69. The van der Waals surface area contributed by atoms with Gasteiger partial charge in [0.25, 0.3) is 5.91 Å². The molecule has 1 aliphatic heterocycles. The van der Waals surface area contributed by atoms with Gasteiger partial charge in [0, 0.05) is 42.0 Å². The molecular formula is C26H27F3N2O2. The summed E-state index contributed by atoms with van der Waals surface area (Å²) in [5.74, 6) is 1.14. The van der Waals surface area contributed by atoms with E-state index in [0.29, 0.717) is 29.0 Å². The molecule has 3 aromatic carbocycles. The van der Waals surface area contributed by atoms with Gasteiger partial charge in [-0.15, -0.1) is 0 Å². The van der Waals surface area contributed by atoms with E-state index in [2.05, 4.69) is 24.1 Å². The van der Waals surface area contributed by atoms with Gasteiger partial charge in [0.1, 0.15) is 11.5 Å². The number of hydrogen-bond acceptors (Lipinski definition) is 3. The Hall–Kier alpha value is -3.06. The van der Waals surface area contributed by atoms with Crippen LogP contribution in [0.1, 0.15) is 36.7 Å². The number of likely N-dealkylation sites (tertiary alicyclic amines) is 1. The van der Waals surface area contributed by atoms with Crippen molar-refractivity contribution in [2.75, 3.05) is 13.1 Å². The quantitative estimate of drug-likeness (QED) is 0.487. The minimum Gasteiger partial charge on any atom is -0.457 e. The number of nitrogens with one attached hydrogen (secondary N) is 1. The molecule has 7 heteroatoms. The molecule has 1 heterocycles. The number of ether oxygens (including phenoxy) is 1. The lowest BCUT2D eigenvalue weighted by molar-refractivity contribution is -0.137. The lowest BCUT2D eigenvalue weighted by Crippen LogP contribution is -2.57. The Bertz CT molecular complexity index is 1140. The van der Waals surface area contributed by atoms with Crippen LogP contribution in [-0.2, 0) is 6.18 Å². The molecule has 0 bridgehead atoms. The molecule has 0 radical (unpaired) electrons. The van der Waals surface area contributed by atoms with E-state index in [9.17, 15) is 18.0 Å².